The van der Waals surface area contributed by atoms with Crippen LogP contribution in [0.25, 0.3) is 0 Å². The van der Waals surface area contributed by atoms with Gasteiger partial charge in [-0.05, 0) is 43.7 Å². The van der Waals surface area contributed by atoms with Gasteiger partial charge in [-0.2, -0.15) is 4.98 Å². The summed E-state index contributed by atoms with van der Waals surface area (Å²) in [5.41, 5.74) is 6.04. The van der Waals surface area contributed by atoms with Crippen LogP contribution in [-0.2, 0) is 18.4 Å². The highest BCUT2D eigenvalue weighted by molar-refractivity contribution is 5.07. The molecule has 1 aliphatic carbocycles. The second-order valence-corrected chi connectivity index (χ2v) is 5.93. The quantitative estimate of drug-likeness (QED) is 0.928. The molecule has 2 heterocycles. The highest BCUT2D eigenvalue weighted by Crippen LogP contribution is 2.35. The van der Waals surface area contributed by atoms with Crippen molar-refractivity contribution < 1.29 is 8.94 Å². The molecule has 2 aromatic rings. The number of hydrogen-bond donors (Lipinski definition) is 1. The highest BCUT2D eigenvalue weighted by Gasteiger charge is 2.36. The molecule has 2 aromatic heterocycles. The standard InChI is InChI=1S/C15H21N3O2/c1-11-6-8-15(16,9-7-11)14-17-13(20-18-14)5-4-12-3-2-10-19-12/h2-3,10-11H,4-9,16H2,1H3. The van der Waals surface area contributed by atoms with Crippen molar-refractivity contribution in [2.24, 2.45) is 11.7 Å². The molecule has 1 aliphatic rings. The van der Waals surface area contributed by atoms with Gasteiger partial charge in [0, 0.05) is 12.8 Å². The van der Waals surface area contributed by atoms with E-state index in [0.29, 0.717) is 18.1 Å². The van der Waals surface area contributed by atoms with E-state index in [1.165, 1.54) is 0 Å². The van der Waals surface area contributed by atoms with E-state index in [0.717, 1.165) is 43.8 Å². The molecule has 5 nitrogen and oxygen atoms in total. The molecule has 0 bridgehead atoms. The fraction of sp³-hybridized carbons (Fsp3) is 0.600. The van der Waals surface area contributed by atoms with E-state index in [1.54, 1.807) is 6.26 Å². The lowest BCUT2D eigenvalue weighted by Gasteiger charge is -2.33. The maximum absolute atomic E-state index is 6.44. The van der Waals surface area contributed by atoms with Crippen LogP contribution < -0.4 is 5.73 Å². The van der Waals surface area contributed by atoms with Crippen LogP contribution in [0, 0.1) is 5.92 Å². The summed E-state index contributed by atoms with van der Waals surface area (Å²) >= 11 is 0. The van der Waals surface area contributed by atoms with Gasteiger partial charge in [0.1, 0.15) is 5.76 Å². The highest BCUT2D eigenvalue weighted by atomic mass is 16.5. The molecule has 0 radical (unpaired) electrons. The normalized spacial score (nSPS) is 26.8. The zero-order valence-corrected chi connectivity index (χ0v) is 11.8. The summed E-state index contributed by atoms with van der Waals surface area (Å²) in [6, 6.07) is 3.83. The van der Waals surface area contributed by atoms with Crippen molar-refractivity contribution in [3.63, 3.8) is 0 Å². The van der Waals surface area contributed by atoms with E-state index < -0.39 is 5.54 Å². The van der Waals surface area contributed by atoms with E-state index >= 15 is 0 Å². The van der Waals surface area contributed by atoms with Crippen LogP contribution in [0.1, 0.15) is 50.1 Å². The van der Waals surface area contributed by atoms with Crippen LogP contribution in [0.3, 0.4) is 0 Å². The fourth-order valence-electron chi connectivity index (χ4n) is 2.74. The van der Waals surface area contributed by atoms with Crippen molar-refractivity contribution in [2.45, 2.75) is 51.0 Å². The summed E-state index contributed by atoms with van der Waals surface area (Å²) in [5, 5.41) is 4.09. The molecule has 108 valence electrons. The molecule has 0 aromatic carbocycles. The smallest absolute Gasteiger partial charge is 0.227 e. The molecule has 1 saturated carbocycles. The Morgan fingerprint density at radius 3 is 2.85 bits per heavy atom. The summed E-state index contributed by atoms with van der Waals surface area (Å²) in [6.45, 7) is 2.27. The molecule has 0 unspecified atom stereocenters. The van der Waals surface area contributed by atoms with Crippen molar-refractivity contribution in [2.75, 3.05) is 0 Å². The summed E-state index contributed by atoms with van der Waals surface area (Å²) in [5.74, 6) is 2.98. The molecule has 0 saturated heterocycles. The Morgan fingerprint density at radius 1 is 1.35 bits per heavy atom. The van der Waals surface area contributed by atoms with Gasteiger partial charge in [0.25, 0.3) is 0 Å². The number of aromatic nitrogens is 2. The Bertz CT molecular complexity index is 539. The van der Waals surface area contributed by atoms with Crippen LogP contribution in [0.2, 0.25) is 0 Å². The minimum atomic E-state index is -0.404. The van der Waals surface area contributed by atoms with E-state index in [4.69, 9.17) is 14.7 Å². The summed E-state index contributed by atoms with van der Waals surface area (Å²) in [4.78, 5) is 4.49. The fourth-order valence-corrected chi connectivity index (χ4v) is 2.74. The maximum Gasteiger partial charge on any atom is 0.227 e. The van der Waals surface area contributed by atoms with Crippen molar-refractivity contribution in [1.82, 2.24) is 10.1 Å². The molecule has 0 amide bonds. The molecule has 3 rings (SSSR count). The third-order valence-electron chi connectivity index (χ3n) is 4.25. The molecule has 1 fully saturated rings. The van der Waals surface area contributed by atoms with Crippen LogP contribution in [0.15, 0.2) is 27.3 Å². The van der Waals surface area contributed by atoms with E-state index in [-0.39, 0.29) is 0 Å². The van der Waals surface area contributed by atoms with Gasteiger partial charge in [0.05, 0.1) is 11.8 Å². The van der Waals surface area contributed by atoms with E-state index in [1.807, 2.05) is 12.1 Å². The van der Waals surface area contributed by atoms with Crippen LogP contribution in [0.5, 0.6) is 0 Å². The summed E-state index contributed by atoms with van der Waals surface area (Å²) < 4.78 is 10.6. The molecular formula is C15H21N3O2. The van der Waals surface area contributed by atoms with Gasteiger partial charge in [-0.25, -0.2) is 0 Å². The monoisotopic (exact) mass is 275 g/mol. The van der Waals surface area contributed by atoms with E-state index in [9.17, 15) is 0 Å². The number of aryl methyl sites for hydroxylation is 2. The minimum absolute atomic E-state index is 0.404. The van der Waals surface area contributed by atoms with Crippen molar-refractivity contribution >= 4 is 0 Å². The third kappa shape index (κ3) is 2.77. The van der Waals surface area contributed by atoms with E-state index in [2.05, 4.69) is 17.1 Å². The van der Waals surface area contributed by atoms with Crippen LogP contribution >= 0.6 is 0 Å². The first kappa shape index (κ1) is 13.4. The van der Waals surface area contributed by atoms with Gasteiger partial charge in [0.2, 0.25) is 5.89 Å². The molecule has 5 heteroatoms. The Balaban J connectivity index is 1.64. The van der Waals surface area contributed by atoms with Gasteiger partial charge in [-0.1, -0.05) is 12.1 Å². The molecule has 0 spiro atoms. The van der Waals surface area contributed by atoms with Gasteiger partial charge in [0.15, 0.2) is 5.82 Å². The average molecular weight is 275 g/mol. The Hall–Kier alpha value is -1.62. The van der Waals surface area contributed by atoms with Gasteiger partial charge in [-0.3, -0.25) is 0 Å². The second kappa shape index (κ2) is 5.40. The molecule has 0 atom stereocenters. The average Bonchev–Trinajstić information content (AvgIpc) is 3.10. The Kier molecular flexibility index (Phi) is 3.61. The number of nitrogens with zero attached hydrogens (tertiary/aromatic N) is 2. The SMILES string of the molecule is CC1CCC(N)(c2noc(CCc3ccco3)n2)CC1. The van der Waals surface area contributed by atoms with Gasteiger partial charge < -0.3 is 14.7 Å². The minimum Gasteiger partial charge on any atom is -0.469 e. The Morgan fingerprint density at radius 2 is 2.15 bits per heavy atom. The molecule has 2 N–H and O–H groups in total. The largest absolute Gasteiger partial charge is 0.469 e. The zero-order chi connectivity index (χ0) is 14.0. The third-order valence-corrected chi connectivity index (χ3v) is 4.25. The maximum atomic E-state index is 6.44. The number of rotatable bonds is 4. The van der Waals surface area contributed by atoms with Crippen molar-refractivity contribution in [1.29, 1.82) is 0 Å². The molecule has 0 aliphatic heterocycles. The predicted octanol–water partition coefficient (Wildman–Crippen LogP) is 2.81. The number of nitrogens with two attached hydrogens (primary N) is 1. The lowest BCUT2D eigenvalue weighted by Crippen LogP contribution is -2.41. The summed E-state index contributed by atoms with van der Waals surface area (Å²) in [6.07, 6.45) is 7.26. The van der Waals surface area contributed by atoms with Crippen LogP contribution in [-0.4, -0.2) is 10.1 Å². The lowest BCUT2D eigenvalue weighted by atomic mass is 9.77. The first-order valence-electron chi connectivity index (χ1n) is 7.30. The first-order chi connectivity index (χ1) is 9.66. The van der Waals surface area contributed by atoms with Gasteiger partial charge >= 0.3 is 0 Å². The number of furan rings is 1. The van der Waals surface area contributed by atoms with Crippen molar-refractivity contribution in [3.8, 4) is 0 Å². The van der Waals surface area contributed by atoms with Gasteiger partial charge in [-0.15, -0.1) is 0 Å². The molecular weight excluding hydrogens is 254 g/mol. The predicted molar refractivity (Wildman–Crippen MR) is 73.9 cm³/mol. The number of hydrogen-bond acceptors (Lipinski definition) is 5. The summed E-state index contributed by atoms with van der Waals surface area (Å²) in [7, 11) is 0. The molecule has 20 heavy (non-hydrogen) atoms. The Labute approximate surface area is 118 Å². The topological polar surface area (TPSA) is 78.1 Å². The van der Waals surface area contributed by atoms with Crippen LogP contribution in [0.4, 0.5) is 0 Å². The zero-order valence-electron chi connectivity index (χ0n) is 11.8. The lowest BCUT2D eigenvalue weighted by molar-refractivity contribution is 0.230. The van der Waals surface area contributed by atoms with Crippen molar-refractivity contribution in [3.05, 3.63) is 35.9 Å². The second-order valence-electron chi connectivity index (χ2n) is 5.93. The first-order valence-corrected chi connectivity index (χ1v) is 7.30.